The predicted molar refractivity (Wildman–Crippen MR) is 147 cm³/mol. The van der Waals surface area contributed by atoms with Crippen LogP contribution in [0.4, 0.5) is 0 Å². The summed E-state index contributed by atoms with van der Waals surface area (Å²) in [5.41, 5.74) is 4.31. The van der Waals surface area contributed by atoms with E-state index in [1.807, 2.05) is 116 Å². The first-order valence-electron chi connectivity index (χ1n) is 12.0. The van der Waals surface area contributed by atoms with Crippen LogP contribution in [0.25, 0.3) is 21.8 Å². The standard InChI is InChI=1S/C30H29N3O2S/c1-31-29(22-13-5-3-6-14-22)30(23-15-7-4-8-16-23)33(2)36(34,35)21-26-24-17-9-11-19-27(24)32-28-20-12-10-18-25(26)28/h3-20,29-31H,21H2,1-2H3. The molecule has 0 spiro atoms. The molecule has 0 amide bonds. The lowest BCUT2D eigenvalue weighted by Crippen LogP contribution is -2.39. The van der Waals surface area contributed by atoms with Crippen molar-refractivity contribution in [1.29, 1.82) is 0 Å². The minimum Gasteiger partial charge on any atom is -0.311 e. The molecule has 1 N–H and O–H groups in total. The molecule has 0 aliphatic heterocycles. The van der Waals surface area contributed by atoms with Crippen LogP contribution in [0.15, 0.2) is 109 Å². The fourth-order valence-corrected chi connectivity index (χ4v) is 6.44. The maximum atomic E-state index is 14.1. The van der Waals surface area contributed by atoms with Crippen molar-refractivity contribution in [2.24, 2.45) is 0 Å². The average Bonchev–Trinajstić information content (AvgIpc) is 2.92. The van der Waals surface area contributed by atoms with Crippen molar-refractivity contribution in [2.45, 2.75) is 17.8 Å². The number of aromatic nitrogens is 1. The largest absolute Gasteiger partial charge is 0.311 e. The van der Waals surface area contributed by atoms with Gasteiger partial charge in [0, 0.05) is 17.8 Å². The Morgan fingerprint density at radius 1 is 0.722 bits per heavy atom. The first-order valence-corrected chi connectivity index (χ1v) is 13.6. The normalized spacial score (nSPS) is 13.8. The highest BCUT2D eigenvalue weighted by Crippen LogP contribution is 2.36. The summed E-state index contributed by atoms with van der Waals surface area (Å²) in [6.07, 6.45) is 0. The van der Waals surface area contributed by atoms with E-state index >= 15 is 0 Å². The van der Waals surface area contributed by atoms with Crippen LogP contribution in [0.2, 0.25) is 0 Å². The van der Waals surface area contributed by atoms with Crippen molar-refractivity contribution in [3.63, 3.8) is 0 Å². The van der Waals surface area contributed by atoms with Gasteiger partial charge in [-0.25, -0.2) is 13.4 Å². The zero-order valence-electron chi connectivity index (χ0n) is 20.4. The van der Waals surface area contributed by atoms with Gasteiger partial charge in [-0.2, -0.15) is 4.31 Å². The quantitative estimate of drug-likeness (QED) is 0.274. The average molecular weight is 496 g/mol. The summed E-state index contributed by atoms with van der Waals surface area (Å²) >= 11 is 0. The van der Waals surface area contributed by atoms with Gasteiger partial charge in [-0.3, -0.25) is 0 Å². The molecule has 5 aromatic rings. The van der Waals surface area contributed by atoms with Crippen LogP contribution in [0.3, 0.4) is 0 Å². The second-order valence-electron chi connectivity index (χ2n) is 8.93. The molecule has 0 aliphatic carbocycles. The molecule has 2 unspecified atom stereocenters. The van der Waals surface area contributed by atoms with Crippen molar-refractivity contribution in [3.8, 4) is 0 Å². The molecule has 0 bridgehead atoms. The molecule has 0 saturated heterocycles. The molecule has 4 aromatic carbocycles. The minimum absolute atomic E-state index is 0.123. The number of para-hydroxylation sites is 2. The summed E-state index contributed by atoms with van der Waals surface area (Å²) in [6, 6.07) is 34.6. The molecule has 5 rings (SSSR count). The number of hydrogen-bond acceptors (Lipinski definition) is 4. The molecule has 36 heavy (non-hydrogen) atoms. The maximum Gasteiger partial charge on any atom is 0.218 e. The van der Waals surface area contributed by atoms with E-state index in [4.69, 9.17) is 4.98 Å². The predicted octanol–water partition coefficient (Wildman–Crippen LogP) is 5.85. The monoisotopic (exact) mass is 495 g/mol. The van der Waals surface area contributed by atoms with Crippen molar-refractivity contribution >= 4 is 31.8 Å². The van der Waals surface area contributed by atoms with Gasteiger partial charge in [0.1, 0.15) is 0 Å². The van der Waals surface area contributed by atoms with Crippen LogP contribution in [0.1, 0.15) is 28.8 Å². The summed E-state index contributed by atoms with van der Waals surface area (Å²) in [5, 5.41) is 5.09. The second kappa shape index (κ2) is 10.2. The maximum absolute atomic E-state index is 14.1. The zero-order chi connectivity index (χ0) is 25.1. The van der Waals surface area contributed by atoms with Gasteiger partial charge in [-0.15, -0.1) is 0 Å². The van der Waals surface area contributed by atoms with E-state index in [9.17, 15) is 8.42 Å². The number of nitrogens with one attached hydrogen (secondary N) is 1. The molecule has 2 atom stereocenters. The van der Waals surface area contributed by atoms with Crippen molar-refractivity contribution in [1.82, 2.24) is 14.6 Å². The molecule has 182 valence electrons. The van der Waals surface area contributed by atoms with E-state index in [1.54, 1.807) is 7.05 Å². The molecule has 1 heterocycles. The molecule has 5 nitrogen and oxygen atoms in total. The number of sulfonamides is 1. The van der Waals surface area contributed by atoms with Crippen LogP contribution < -0.4 is 5.32 Å². The van der Waals surface area contributed by atoms with Crippen molar-refractivity contribution < 1.29 is 8.42 Å². The molecule has 6 heteroatoms. The Hall–Kier alpha value is -3.58. The van der Waals surface area contributed by atoms with E-state index in [-0.39, 0.29) is 11.8 Å². The first-order chi connectivity index (χ1) is 17.5. The molecule has 0 radical (unpaired) electrons. The molecule has 1 aromatic heterocycles. The summed E-state index contributed by atoms with van der Waals surface area (Å²) < 4.78 is 29.8. The third-order valence-electron chi connectivity index (χ3n) is 6.78. The van der Waals surface area contributed by atoms with E-state index in [1.165, 1.54) is 4.31 Å². The highest BCUT2D eigenvalue weighted by Gasteiger charge is 2.34. The Bertz CT molecular complexity index is 1530. The third kappa shape index (κ3) is 4.63. The van der Waals surface area contributed by atoms with Crippen LogP contribution in [-0.2, 0) is 15.8 Å². The lowest BCUT2D eigenvalue weighted by molar-refractivity contribution is 0.301. The summed E-state index contributed by atoms with van der Waals surface area (Å²) in [7, 11) is -0.182. The summed E-state index contributed by atoms with van der Waals surface area (Å²) in [5.74, 6) is -0.123. The number of fused-ring (bicyclic) bond motifs is 2. The van der Waals surface area contributed by atoms with Crippen molar-refractivity contribution in [3.05, 3.63) is 126 Å². The third-order valence-corrected chi connectivity index (χ3v) is 8.54. The summed E-state index contributed by atoms with van der Waals surface area (Å²) in [4.78, 5) is 4.76. The highest BCUT2D eigenvalue weighted by molar-refractivity contribution is 7.88. The minimum atomic E-state index is -3.74. The molecule has 0 fully saturated rings. The van der Waals surface area contributed by atoms with Gasteiger partial charge < -0.3 is 5.32 Å². The van der Waals surface area contributed by atoms with E-state index in [2.05, 4.69) is 5.32 Å². The Morgan fingerprint density at radius 3 is 1.72 bits per heavy atom. The van der Waals surface area contributed by atoms with Gasteiger partial charge in [-0.05, 0) is 35.9 Å². The summed E-state index contributed by atoms with van der Waals surface area (Å²) in [6.45, 7) is 0. The van der Waals surface area contributed by atoms with E-state index < -0.39 is 16.1 Å². The van der Waals surface area contributed by atoms with Gasteiger partial charge in [0.25, 0.3) is 0 Å². The van der Waals surface area contributed by atoms with Gasteiger partial charge in [-0.1, -0.05) is 97.1 Å². The Balaban J connectivity index is 1.62. The number of pyridine rings is 1. The van der Waals surface area contributed by atoms with Crippen LogP contribution in [-0.4, -0.2) is 31.8 Å². The van der Waals surface area contributed by atoms with Crippen LogP contribution >= 0.6 is 0 Å². The van der Waals surface area contributed by atoms with Crippen LogP contribution in [0, 0.1) is 0 Å². The van der Waals surface area contributed by atoms with Gasteiger partial charge >= 0.3 is 0 Å². The first kappa shape index (κ1) is 24.1. The number of nitrogens with zero attached hydrogens (tertiary/aromatic N) is 2. The number of benzene rings is 4. The molecular weight excluding hydrogens is 466 g/mol. The lowest BCUT2D eigenvalue weighted by atomic mass is 9.93. The fraction of sp³-hybridized carbons (Fsp3) is 0.167. The number of hydrogen-bond donors (Lipinski definition) is 1. The number of likely N-dealkylation sites (N-methyl/N-ethyl adjacent to an activating group) is 2. The van der Waals surface area contributed by atoms with Gasteiger partial charge in [0.05, 0.1) is 28.9 Å². The molecule has 0 aliphatic rings. The Morgan fingerprint density at radius 2 is 1.19 bits per heavy atom. The second-order valence-corrected chi connectivity index (χ2v) is 11.0. The molecule has 0 saturated carbocycles. The van der Waals surface area contributed by atoms with Crippen molar-refractivity contribution in [2.75, 3.05) is 14.1 Å². The lowest BCUT2D eigenvalue weighted by Gasteiger charge is -2.35. The van der Waals surface area contributed by atoms with E-state index in [0.717, 1.165) is 38.5 Å². The van der Waals surface area contributed by atoms with Crippen LogP contribution in [0.5, 0.6) is 0 Å². The van der Waals surface area contributed by atoms with Gasteiger partial charge in [0.15, 0.2) is 0 Å². The zero-order valence-corrected chi connectivity index (χ0v) is 21.2. The molecular formula is C30H29N3O2S. The SMILES string of the molecule is CNC(c1ccccc1)C(c1ccccc1)N(C)S(=O)(=O)Cc1c2ccccc2nc2ccccc12. The highest BCUT2D eigenvalue weighted by atomic mass is 32.2. The Labute approximate surface area is 212 Å². The van der Waals surface area contributed by atoms with E-state index in [0.29, 0.717) is 0 Å². The fourth-order valence-electron chi connectivity index (χ4n) is 4.97. The topological polar surface area (TPSA) is 62.3 Å². The van der Waals surface area contributed by atoms with Gasteiger partial charge in [0.2, 0.25) is 10.0 Å². The number of rotatable bonds is 8. The smallest absolute Gasteiger partial charge is 0.218 e. The Kier molecular flexibility index (Phi) is 6.83.